The average molecular weight is 992 g/mol. The van der Waals surface area contributed by atoms with Crippen LogP contribution in [0.5, 0.6) is 11.5 Å². The molecule has 310 valence electrons. The first-order valence-corrected chi connectivity index (χ1v) is 20.6. The van der Waals surface area contributed by atoms with E-state index >= 15 is 0 Å². The van der Waals surface area contributed by atoms with Crippen molar-refractivity contribution in [3.05, 3.63) is 200 Å². The Balaban J connectivity index is 0.00000504. The van der Waals surface area contributed by atoms with Crippen LogP contribution in [0.15, 0.2) is 164 Å². The monoisotopic (exact) mass is 991 g/mol. The van der Waals surface area contributed by atoms with Crippen molar-refractivity contribution in [2.45, 2.75) is 45.9 Å². The molecule has 2 aromatic heterocycles. The molecular formula is C55H44FN4OPt-3. The summed E-state index contributed by atoms with van der Waals surface area (Å²) in [4.78, 5) is 9.15. The Labute approximate surface area is 378 Å². The molecule has 3 heterocycles. The van der Waals surface area contributed by atoms with Crippen molar-refractivity contribution < 1.29 is 31.6 Å². The molecule has 0 spiro atoms. The third-order valence-electron chi connectivity index (χ3n) is 11.4. The molecule has 0 radical (unpaired) electrons. The minimum Gasteiger partial charge on any atom is -0.509 e. The van der Waals surface area contributed by atoms with Crippen molar-refractivity contribution in [3.8, 4) is 39.6 Å². The van der Waals surface area contributed by atoms with Crippen molar-refractivity contribution in [1.82, 2.24) is 9.55 Å². The van der Waals surface area contributed by atoms with Gasteiger partial charge in [0.15, 0.2) is 0 Å². The van der Waals surface area contributed by atoms with Crippen molar-refractivity contribution >= 4 is 44.6 Å². The molecule has 0 fully saturated rings. The maximum atomic E-state index is 14.3. The zero-order valence-corrected chi connectivity index (χ0v) is 37.3. The van der Waals surface area contributed by atoms with E-state index in [1.165, 1.54) is 17.7 Å². The molecule has 0 aliphatic carbocycles. The molecule has 7 aromatic carbocycles. The van der Waals surface area contributed by atoms with Crippen LogP contribution >= 0.6 is 0 Å². The number of aromatic nitrogens is 2. The minimum atomic E-state index is -0.958. The van der Waals surface area contributed by atoms with Crippen LogP contribution in [-0.2, 0) is 26.5 Å². The smallest absolute Gasteiger partial charge is 0.135 e. The third kappa shape index (κ3) is 7.47. The van der Waals surface area contributed by atoms with E-state index in [0.717, 1.165) is 72.5 Å². The molecule has 62 heavy (non-hydrogen) atoms. The van der Waals surface area contributed by atoms with Crippen LogP contribution in [0.4, 0.5) is 27.1 Å². The maximum Gasteiger partial charge on any atom is 0.135 e. The summed E-state index contributed by atoms with van der Waals surface area (Å²) in [5, 5.41) is 2.14. The maximum absolute atomic E-state index is 14.3. The predicted molar refractivity (Wildman–Crippen MR) is 248 cm³/mol. The molecule has 0 atom stereocenters. The van der Waals surface area contributed by atoms with Gasteiger partial charge in [-0.25, -0.2) is 9.37 Å². The summed E-state index contributed by atoms with van der Waals surface area (Å²) in [6.07, 6.45) is 1.87. The largest absolute Gasteiger partial charge is 0.509 e. The van der Waals surface area contributed by atoms with E-state index < -0.39 is 5.89 Å². The Morgan fingerprint density at radius 2 is 1.35 bits per heavy atom. The van der Waals surface area contributed by atoms with Gasteiger partial charge in [-0.15, -0.1) is 53.6 Å². The fourth-order valence-corrected chi connectivity index (χ4v) is 8.30. The van der Waals surface area contributed by atoms with E-state index in [-0.39, 0.29) is 32.3 Å². The number of ether oxygens (including phenoxy) is 1. The first-order chi connectivity index (χ1) is 29.9. The van der Waals surface area contributed by atoms with Crippen LogP contribution < -0.4 is 14.5 Å². The molecule has 0 bridgehead atoms. The molecular weight excluding hydrogens is 947 g/mol. The van der Waals surface area contributed by atoms with Gasteiger partial charge in [0.25, 0.3) is 0 Å². The Hall–Kier alpha value is -6.49. The molecule has 0 saturated heterocycles. The van der Waals surface area contributed by atoms with E-state index in [1.807, 2.05) is 86.8 Å². The van der Waals surface area contributed by atoms with Gasteiger partial charge >= 0.3 is 0 Å². The number of anilines is 4. The van der Waals surface area contributed by atoms with Crippen LogP contribution in [-0.4, -0.2) is 9.55 Å². The Morgan fingerprint density at radius 3 is 2.08 bits per heavy atom. The van der Waals surface area contributed by atoms with E-state index in [4.69, 9.17) is 9.72 Å². The number of benzene rings is 7. The second-order valence-electron chi connectivity index (χ2n) is 16.7. The van der Waals surface area contributed by atoms with Gasteiger partial charge in [0, 0.05) is 73.8 Å². The number of fused-ring (bicyclic) bond motifs is 4. The standard InChI is InChI=1S/C55H44FN4O.Pt/c1-36(2)39-30-42(33-44(31-39)61-43-26-27-48-47-16-9-10-19-49(47)60(52(48)34-43)53-32-40(28-29-57-53)55(3,4)5)58-35-59(51-21-12-11-20-50(51)58)54-45(37-14-7-6-8-15-37)17-13-18-46(54)38-22-24-41(56)25-23-38;/h6-32,35-36H,1-5H3;/q-3;/i36D;. The average Bonchev–Trinajstić information content (AvgIpc) is 3.82. The normalized spacial score (nSPS) is 13.0. The number of halogens is 1. The summed E-state index contributed by atoms with van der Waals surface area (Å²) in [5.74, 6) is 0.551. The molecule has 1 aliphatic rings. The number of rotatable bonds is 8. The van der Waals surface area contributed by atoms with Gasteiger partial charge in [-0.2, -0.15) is 6.07 Å². The van der Waals surface area contributed by atoms with Crippen molar-refractivity contribution in [2.24, 2.45) is 0 Å². The van der Waals surface area contributed by atoms with Crippen LogP contribution in [0, 0.1) is 24.6 Å². The Kier molecular flexibility index (Phi) is 10.5. The molecule has 0 N–H and O–H groups in total. The van der Waals surface area contributed by atoms with Gasteiger partial charge < -0.3 is 19.1 Å². The molecule has 0 amide bonds. The third-order valence-corrected chi connectivity index (χ3v) is 11.4. The minimum absolute atomic E-state index is 0. The predicted octanol–water partition coefficient (Wildman–Crippen LogP) is 14.9. The van der Waals surface area contributed by atoms with E-state index in [9.17, 15) is 5.76 Å². The number of para-hydroxylation sites is 4. The van der Waals surface area contributed by atoms with E-state index in [2.05, 4.69) is 133 Å². The number of pyridine rings is 1. The number of nitrogens with zero attached hydrogens (tertiary/aromatic N) is 4. The summed E-state index contributed by atoms with van der Waals surface area (Å²) in [6.45, 7) is 12.5. The van der Waals surface area contributed by atoms with E-state index in [1.54, 1.807) is 0 Å². The quantitative estimate of drug-likeness (QED) is 0.142. The molecule has 1 aliphatic heterocycles. The van der Waals surface area contributed by atoms with Crippen LogP contribution in [0.3, 0.4) is 0 Å². The summed E-state index contributed by atoms with van der Waals surface area (Å²) in [6, 6.07) is 59.2. The zero-order chi connectivity index (χ0) is 42.8. The number of hydrogen-bond donors (Lipinski definition) is 0. The van der Waals surface area contributed by atoms with Crippen LogP contribution in [0.25, 0.3) is 49.9 Å². The van der Waals surface area contributed by atoms with Gasteiger partial charge in [0.1, 0.15) is 11.6 Å². The molecule has 0 saturated carbocycles. The van der Waals surface area contributed by atoms with Gasteiger partial charge in [0.2, 0.25) is 0 Å². The molecule has 10 rings (SSSR count). The van der Waals surface area contributed by atoms with Gasteiger partial charge in [-0.1, -0.05) is 131 Å². The molecule has 7 heteroatoms. The fourth-order valence-electron chi connectivity index (χ4n) is 8.30. The first kappa shape index (κ1) is 39.6. The summed E-state index contributed by atoms with van der Waals surface area (Å²) in [7, 11) is 0. The van der Waals surface area contributed by atoms with Crippen LogP contribution in [0.1, 0.15) is 53.0 Å². The van der Waals surface area contributed by atoms with Crippen molar-refractivity contribution in [3.63, 3.8) is 0 Å². The molecule has 0 unspecified atom stereocenters. The number of hydrogen-bond acceptors (Lipinski definition) is 4. The SMILES string of the molecule is [2H]C(C)(C)c1cc(Oc2[c-]c3c(cc2)c2ccccc2n3-c2cc(C(C)(C)C)ccn2)[c-]c(N2[CH-]N(c3c(-c4ccccc4)cccc3-c3ccc(F)cc3)c3ccccc32)c1.[Pt]. The van der Waals surface area contributed by atoms with Crippen molar-refractivity contribution in [2.75, 3.05) is 9.80 Å². The summed E-state index contributed by atoms with van der Waals surface area (Å²) >= 11 is 0. The van der Waals surface area contributed by atoms with Gasteiger partial charge in [0.05, 0.1) is 0 Å². The first-order valence-electron chi connectivity index (χ1n) is 21.1. The van der Waals surface area contributed by atoms with E-state index in [0.29, 0.717) is 17.2 Å². The van der Waals surface area contributed by atoms with Crippen LogP contribution in [0.2, 0.25) is 0 Å². The van der Waals surface area contributed by atoms with Gasteiger partial charge in [-0.3, -0.25) is 0 Å². The van der Waals surface area contributed by atoms with Crippen molar-refractivity contribution in [1.29, 1.82) is 0 Å². The summed E-state index contributed by atoms with van der Waals surface area (Å²) in [5.41, 5.74) is 11.3. The summed E-state index contributed by atoms with van der Waals surface area (Å²) < 4.78 is 32.4. The zero-order valence-electron chi connectivity index (χ0n) is 36.1. The van der Waals surface area contributed by atoms with Gasteiger partial charge in [-0.05, 0) is 75.9 Å². The molecule has 9 aromatic rings. The Morgan fingerprint density at radius 1 is 0.677 bits per heavy atom. The second-order valence-corrected chi connectivity index (χ2v) is 16.7. The Bertz CT molecular complexity index is 3130. The fraction of sp³-hybridized carbons (Fsp3) is 0.127. The molecule has 5 nitrogen and oxygen atoms in total. The topological polar surface area (TPSA) is 33.5 Å². The second kappa shape index (κ2) is 16.4.